The van der Waals surface area contributed by atoms with Crippen molar-refractivity contribution in [1.29, 1.82) is 0 Å². The summed E-state index contributed by atoms with van der Waals surface area (Å²) in [7, 11) is 0. The summed E-state index contributed by atoms with van der Waals surface area (Å²) in [5.41, 5.74) is 1.09. The lowest BCUT2D eigenvalue weighted by atomic mass is 10.2. The van der Waals surface area contributed by atoms with Gasteiger partial charge in [-0.25, -0.2) is 9.18 Å². The molecule has 0 spiro atoms. The second kappa shape index (κ2) is 6.89. The van der Waals surface area contributed by atoms with Crippen molar-refractivity contribution in [1.82, 2.24) is 14.0 Å². The summed E-state index contributed by atoms with van der Waals surface area (Å²) in [5.74, 6) is -0.849. The fourth-order valence-corrected chi connectivity index (χ4v) is 3.80. The van der Waals surface area contributed by atoms with Crippen molar-refractivity contribution in [2.24, 2.45) is 5.92 Å². The van der Waals surface area contributed by atoms with Crippen LogP contribution < -0.4 is 21.4 Å². The standard InChI is InChI=1S/C19H21FN4O3S/c1-3-16(25)21-24-17(26)12-8-15(28-22-19(2)6-7-19)13(20)9-14(12)23(18(24)27)10-11-4-5-11/h3,8-9,11,22H,1,4-7,10H2,2H3,(H,21,25). The van der Waals surface area contributed by atoms with Crippen molar-refractivity contribution in [3.8, 4) is 0 Å². The minimum absolute atomic E-state index is 0.0189. The second-order valence-electron chi connectivity index (χ2n) is 7.72. The highest BCUT2D eigenvalue weighted by atomic mass is 32.2. The zero-order chi connectivity index (χ0) is 20.1. The molecule has 2 saturated carbocycles. The van der Waals surface area contributed by atoms with Gasteiger partial charge in [-0.1, -0.05) is 6.58 Å². The van der Waals surface area contributed by atoms with Crippen LogP contribution >= 0.6 is 11.9 Å². The Morgan fingerprint density at radius 2 is 2.11 bits per heavy atom. The molecule has 2 aliphatic carbocycles. The van der Waals surface area contributed by atoms with Crippen molar-refractivity contribution in [2.45, 2.75) is 49.6 Å². The van der Waals surface area contributed by atoms with E-state index in [2.05, 4.69) is 16.7 Å². The lowest BCUT2D eigenvalue weighted by molar-refractivity contribution is -0.112. The average Bonchev–Trinajstić information content (AvgIpc) is 3.59. The maximum Gasteiger partial charge on any atom is 0.350 e. The Bertz CT molecular complexity index is 1100. The van der Waals surface area contributed by atoms with Crippen LogP contribution in [0.3, 0.4) is 0 Å². The normalized spacial score (nSPS) is 17.5. The first kappa shape index (κ1) is 18.9. The molecule has 28 heavy (non-hydrogen) atoms. The third kappa shape index (κ3) is 3.64. The first-order chi connectivity index (χ1) is 13.3. The van der Waals surface area contributed by atoms with Gasteiger partial charge in [0.15, 0.2) is 0 Å². The quantitative estimate of drug-likeness (QED) is 0.545. The molecule has 7 nitrogen and oxygen atoms in total. The molecular formula is C19H21FN4O3S. The predicted octanol–water partition coefficient (Wildman–Crippen LogP) is 2.12. The third-order valence-corrected chi connectivity index (χ3v) is 6.28. The van der Waals surface area contributed by atoms with E-state index in [1.54, 1.807) is 0 Å². The molecule has 1 heterocycles. The maximum absolute atomic E-state index is 14.7. The van der Waals surface area contributed by atoms with Crippen LogP contribution in [0.4, 0.5) is 4.39 Å². The molecule has 9 heteroatoms. The highest BCUT2D eigenvalue weighted by molar-refractivity contribution is 7.97. The van der Waals surface area contributed by atoms with Crippen LogP contribution in [0, 0.1) is 11.7 Å². The van der Waals surface area contributed by atoms with E-state index in [9.17, 15) is 18.8 Å². The Morgan fingerprint density at radius 1 is 1.39 bits per heavy atom. The number of aromatic nitrogens is 2. The van der Waals surface area contributed by atoms with Crippen molar-refractivity contribution in [2.75, 3.05) is 5.43 Å². The number of rotatable bonds is 7. The van der Waals surface area contributed by atoms with Gasteiger partial charge >= 0.3 is 5.69 Å². The van der Waals surface area contributed by atoms with Gasteiger partial charge in [-0.15, -0.1) is 0 Å². The lowest BCUT2D eigenvalue weighted by Crippen LogP contribution is -2.46. The van der Waals surface area contributed by atoms with Crippen molar-refractivity contribution >= 4 is 28.8 Å². The van der Waals surface area contributed by atoms with Crippen LogP contribution in [0.2, 0.25) is 0 Å². The molecule has 2 N–H and O–H groups in total. The molecule has 0 radical (unpaired) electrons. The molecule has 4 rings (SSSR count). The number of nitrogens with one attached hydrogen (secondary N) is 2. The zero-order valence-corrected chi connectivity index (χ0v) is 16.3. The average molecular weight is 404 g/mol. The van der Waals surface area contributed by atoms with E-state index in [1.807, 2.05) is 6.92 Å². The van der Waals surface area contributed by atoms with E-state index in [-0.39, 0.29) is 21.3 Å². The number of nitrogens with zero attached hydrogens (tertiary/aromatic N) is 2. The van der Waals surface area contributed by atoms with Gasteiger partial charge in [0, 0.05) is 12.1 Å². The minimum Gasteiger partial charge on any atom is -0.291 e. The Morgan fingerprint density at radius 3 is 2.71 bits per heavy atom. The van der Waals surface area contributed by atoms with Crippen LogP contribution in [0.25, 0.3) is 10.9 Å². The molecule has 0 saturated heterocycles. The summed E-state index contributed by atoms with van der Waals surface area (Å²) < 4.78 is 20.0. The van der Waals surface area contributed by atoms with Gasteiger partial charge in [-0.3, -0.25) is 24.3 Å². The molecule has 0 bridgehead atoms. The van der Waals surface area contributed by atoms with Crippen LogP contribution in [0.15, 0.2) is 39.3 Å². The van der Waals surface area contributed by atoms with Gasteiger partial charge in [-0.2, -0.15) is 4.68 Å². The Labute approximate surface area is 164 Å². The van der Waals surface area contributed by atoms with Crippen LogP contribution in [-0.2, 0) is 11.3 Å². The number of amides is 1. The molecule has 2 aromatic rings. The van der Waals surface area contributed by atoms with Gasteiger partial charge in [0.2, 0.25) is 0 Å². The van der Waals surface area contributed by atoms with Crippen LogP contribution in [-0.4, -0.2) is 20.7 Å². The molecule has 1 aromatic carbocycles. The summed E-state index contributed by atoms with van der Waals surface area (Å²) >= 11 is 1.14. The molecule has 148 valence electrons. The van der Waals surface area contributed by atoms with E-state index in [4.69, 9.17) is 0 Å². The van der Waals surface area contributed by atoms with Crippen molar-refractivity contribution in [3.63, 3.8) is 0 Å². The minimum atomic E-state index is -0.693. The smallest absolute Gasteiger partial charge is 0.291 e. The van der Waals surface area contributed by atoms with Gasteiger partial charge < -0.3 is 0 Å². The van der Waals surface area contributed by atoms with E-state index >= 15 is 0 Å². The van der Waals surface area contributed by atoms with Gasteiger partial charge in [0.25, 0.3) is 11.5 Å². The molecule has 0 aliphatic heterocycles. The largest absolute Gasteiger partial charge is 0.350 e. The fraction of sp³-hybridized carbons (Fsp3) is 0.421. The van der Waals surface area contributed by atoms with Crippen LogP contribution in [0.5, 0.6) is 0 Å². The SMILES string of the molecule is C=CC(=O)Nn1c(=O)c2cc(SNC3(C)CC3)c(F)cc2n(CC2CC2)c1=O. The van der Waals surface area contributed by atoms with Crippen molar-refractivity contribution < 1.29 is 9.18 Å². The van der Waals surface area contributed by atoms with E-state index in [0.717, 1.165) is 43.7 Å². The van der Waals surface area contributed by atoms with Crippen molar-refractivity contribution in [3.05, 3.63) is 51.4 Å². The number of hydrogen-bond donors (Lipinski definition) is 2. The second-order valence-corrected chi connectivity index (χ2v) is 8.57. The molecule has 2 fully saturated rings. The number of fused-ring (bicyclic) bond motifs is 1. The number of benzene rings is 1. The van der Waals surface area contributed by atoms with Crippen LogP contribution in [0.1, 0.15) is 32.6 Å². The lowest BCUT2D eigenvalue weighted by Gasteiger charge is -2.16. The number of carbonyl (C=O) groups is 1. The number of halogens is 1. The number of carbonyl (C=O) groups excluding carboxylic acids is 1. The maximum atomic E-state index is 14.7. The molecule has 1 aromatic heterocycles. The van der Waals surface area contributed by atoms with Gasteiger partial charge in [0.1, 0.15) is 5.82 Å². The van der Waals surface area contributed by atoms with E-state index in [0.29, 0.717) is 17.1 Å². The molecule has 0 atom stereocenters. The summed E-state index contributed by atoms with van der Waals surface area (Å²) in [6, 6.07) is 2.68. The zero-order valence-electron chi connectivity index (χ0n) is 15.5. The van der Waals surface area contributed by atoms with E-state index < -0.39 is 23.0 Å². The molecule has 0 unspecified atom stereocenters. The third-order valence-electron chi connectivity index (χ3n) is 5.15. The topological polar surface area (TPSA) is 85.1 Å². The van der Waals surface area contributed by atoms with Gasteiger partial charge in [0.05, 0.1) is 15.8 Å². The predicted molar refractivity (Wildman–Crippen MR) is 106 cm³/mol. The Kier molecular flexibility index (Phi) is 4.67. The molecule has 2 aliphatic rings. The highest BCUT2D eigenvalue weighted by Crippen LogP contribution is 2.38. The van der Waals surface area contributed by atoms with E-state index in [1.165, 1.54) is 16.7 Å². The molecular weight excluding hydrogens is 383 g/mol. The monoisotopic (exact) mass is 404 g/mol. The molecule has 1 amide bonds. The summed E-state index contributed by atoms with van der Waals surface area (Å²) in [6.07, 6.45) is 4.95. The first-order valence-electron chi connectivity index (χ1n) is 9.18. The summed E-state index contributed by atoms with van der Waals surface area (Å²) in [5, 5.41) is 0.177. The fourth-order valence-electron chi connectivity index (χ4n) is 2.90. The van der Waals surface area contributed by atoms with Gasteiger partial charge in [-0.05, 0) is 68.7 Å². The summed E-state index contributed by atoms with van der Waals surface area (Å²) in [6.45, 7) is 5.76. The Hall–Kier alpha value is -2.39. The highest BCUT2D eigenvalue weighted by Gasteiger charge is 2.37. The first-order valence-corrected chi connectivity index (χ1v) is 9.99. The number of hydrogen-bond acceptors (Lipinski definition) is 5. The Balaban J connectivity index is 1.85. The summed E-state index contributed by atoms with van der Waals surface area (Å²) in [4.78, 5) is 37.7.